The van der Waals surface area contributed by atoms with Crippen LogP contribution in [-0.4, -0.2) is 5.24 Å². The molecule has 0 bridgehead atoms. The average molecular weight is 161 g/mol. The maximum Gasteiger partial charge on any atom is 0.248 e. The minimum Gasteiger partial charge on any atom is -0.276 e. The zero-order valence-corrected chi connectivity index (χ0v) is 7.24. The van der Waals surface area contributed by atoms with Crippen molar-refractivity contribution in [1.29, 1.82) is 0 Å². The SMILES string of the molecule is CCC=C(CCC)C(=O)Cl. The van der Waals surface area contributed by atoms with Crippen molar-refractivity contribution in [3.63, 3.8) is 0 Å². The standard InChI is InChI=1S/C8H13ClO/c1-3-5-7(6-4-2)8(9)10/h5H,3-4,6H2,1-2H3. The van der Waals surface area contributed by atoms with Gasteiger partial charge in [0.15, 0.2) is 0 Å². The third-order valence-electron chi connectivity index (χ3n) is 1.22. The molecular formula is C8H13ClO. The van der Waals surface area contributed by atoms with Gasteiger partial charge in [-0.05, 0) is 24.4 Å². The smallest absolute Gasteiger partial charge is 0.248 e. The molecule has 0 aromatic rings. The first kappa shape index (κ1) is 9.70. The van der Waals surface area contributed by atoms with Gasteiger partial charge in [0.25, 0.3) is 0 Å². The van der Waals surface area contributed by atoms with Crippen LogP contribution in [0.4, 0.5) is 0 Å². The second kappa shape index (κ2) is 5.48. The summed E-state index contributed by atoms with van der Waals surface area (Å²) in [6.07, 6.45) is 4.55. The maximum absolute atomic E-state index is 10.6. The molecule has 0 aromatic heterocycles. The van der Waals surface area contributed by atoms with Crippen LogP contribution in [0.3, 0.4) is 0 Å². The Morgan fingerprint density at radius 3 is 2.40 bits per heavy atom. The predicted molar refractivity (Wildman–Crippen MR) is 44.1 cm³/mol. The molecule has 58 valence electrons. The van der Waals surface area contributed by atoms with Crippen LogP contribution in [0.15, 0.2) is 11.6 Å². The van der Waals surface area contributed by atoms with Crippen LogP contribution >= 0.6 is 11.6 Å². The Bertz CT molecular complexity index is 138. The Labute approximate surface area is 67.1 Å². The second-order valence-corrected chi connectivity index (χ2v) is 2.50. The highest BCUT2D eigenvalue weighted by Gasteiger charge is 2.02. The van der Waals surface area contributed by atoms with Gasteiger partial charge in [-0.25, -0.2) is 0 Å². The number of rotatable bonds is 4. The van der Waals surface area contributed by atoms with Crippen molar-refractivity contribution in [1.82, 2.24) is 0 Å². The van der Waals surface area contributed by atoms with Crippen LogP contribution in [0.25, 0.3) is 0 Å². The zero-order chi connectivity index (χ0) is 7.98. The molecule has 0 saturated heterocycles. The molecule has 1 nitrogen and oxygen atoms in total. The molecule has 0 aromatic carbocycles. The van der Waals surface area contributed by atoms with Crippen LogP contribution < -0.4 is 0 Å². The monoisotopic (exact) mass is 160 g/mol. The average Bonchev–Trinajstić information content (AvgIpc) is 1.87. The highest BCUT2D eigenvalue weighted by molar-refractivity contribution is 6.67. The summed E-state index contributed by atoms with van der Waals surface area (Å²) >= 11 is 5.29. The van der Waals surface area contributed by atoms with Gasteiger partial charge in [-0.15, -0.1) is 0 Å². The first-order valence-corrected chi connectivity index (χ1v) is 3.99. The Hall–Kier alpha value is -0.300. The van der Waals surface area contributed by atoms with Crippen molar-refractivity contribution in [3.8, 4) is 0 Å². The van der Waals surface area contributed by atoms with Crippen LogP contribution in [0.1, 0.15) is 33.1 Å². The number of hydrogen-bond donors (Lipinski definition) is 0. The van der Waals surface area contributed by atoms with E-state index in [9.17, 15) is 4.79 Å². The first-order valence-electron chi connectivity index (χ1n) is 3.61. The van der Waals surface area contributed by atoms with Gasteiger partial charge in [0.05, 0.1) is 0 Å². The quantitative estimate of drug-likeness (QED) is 0.457. The van der Waals surface area contributed by atoms with Crippen molar-refractivity contribution in [2.45, 2.75) is 33.1 Å². The van der Waals surface area contributed by atoms with Gasteiger partial charge in [0, 0.05) is 5.57 Å². The Balaban J connectivity index is 3.98. The summed E-state index contributed by atoms with van der Waals surface area (Å²) in [5.41, 5.74) is 0.756. The minimum atomic E-state index is -0.302. The van der Waals surface area contributed by atoms with E-state index in [1.807, 2.05) is 19.9 Å². The fourth-order valence-corrected chi connectivity index (χ4v) is 0.968. The first-order chi connectivity index (χ1) is 4.72. The lowest BCUT2D eigenvalue weighted by Gasteiger charge is -1.96. The van der Waals surface area contributed by atoms with Crippen LogP contribution in [-0.2, 0) is 4.79 Å². The second-order valence-electron chi connectivity index (χ2n) is 2.16. The molecule has 0 aliphatic heterocycles. The topological polar surface area (TPSA) is 17.1 Å². The van der Waals surface area contributed by atoms with Crippen molar-refractivity contribution in [2.24, 2.45) is 0 Å². The minimum absolute atomic E-state index is 0.302. The molecule has 0 saturated carbocycles. The van der Waals surface area contributed by atoms with Gasteiger partial charge < -0.3 is 0 Å². The molecule has 0 unspecified atom stereocenters. The Morgan fingerprint density at radius 2 is 2.10 bits per heavy atom. The lowest BCUT2D eigenvalue weighted by molar-refractivity contribution is -0.108. The number of hydrogen-bond acceptors (Lipinski definition) is 1. The van der Waals surface area contributed by atoms with E-state index in [-0.39, 0.29) is 5.24 Å². The maximum atomic E-state index is 10.6. The van der Waals surface area contributed by atoms with Gasteiger partial charge in [-0.2, -0.15) is 0 Å². The fraction of sp³-hybridized carbons (Fsp3) is 0.625. The van der Waals surface area contributed by atoms with E-state index in [4.69, 9.17) is 11.6 Å². The highest BCUT2D eigenvalue weighted by Crippen LogP contribution is 2.09. The van der Waals surface area contributed by atoms with E-state index in [0.717, 1.165) is 24.8 Å². The molecule has 0 spiro atoms. The molecule has 0 heterocycles. The molecule has 0 radical (unpaired) electrons. The van der Waals surface area contributed by atoms with E-state index in [0.29, 0.717) is 0 Å². The lowest BCUT2D eigenvalue weighted by atomic mass is 10.1. The molecule has 2 heteroatoms. The number of carbonyl (C=O) groups excluding carboxylic acids is 1. The highest BCUT2D eigenvalue weighted by atomic mass is 35.5. The third-order valence-corrected chi connectivity index (χ3v) is 1.47. The van der Waals surface area contributed by atoms with Gasteiger partial charge in [0.2, 0.25) is 5.24 Å². The van der Waals surface area contributed by atoms with Crippen LogP contribution in [0.2, 0.25) is 0 Å². The van der Waals surface area contributed by atoms with E-state index >= 15 is 0 Å². The fourth-order valence-electron chi connectivity index (χ4n) is 0.796. The Morgan fingerprint density at radius 1 is 1.50 bits per heavy atom. The molecular weight excluding hydrogens is 148 g/mol. The summed E-state index contributed by atoms with van der Waals surface area (Å²) in [5.74, 6) is 0. The molecule has 0 fully saturated rings. The number of carbonyl (C=O) groups is 1. The third kappa shape index (κ3) is 3.67. The number of halogens is 1. The molecule has 0 N–H and O–H groups in total. The van der Waals surface area contributed by atoms with Crippen molar-refractivity contribution in [2.75, 3.05) is 0 Å². The summed E-state index contributed by atoms with van der Waals surface area (Å²) in [7, 11) is 0. The molecule has 0 aliphatic rings. The summed E-state index contributed by atoms with van der Waals surface area (Å²) < 4.78 is 0. The normalized spacial score (nSPS) is 11.7. The largest absolute Gasteiger partial charge is 0.276 e. The van der Waals surface area contributed by atoms with Crippen molar-refractivity contribution < 1.29 is 4.79 Å². The summed E-state index contributed by atoms with van der Waals surface area (Å²) in [5, 5.41) is -0.302. The van der Waals surface area contributed by atoms with Crippen molar-refractivity contribution in [3.05, 3.63) is 11.6 Å². The van der Waals surface area contributed by atoms with Crippen LogP contribution in [0.5, 0.6) is 0 Å². The summed E-state index contributed by atoms with van der Waals surface area (Å²) in [4.78, 5) is 10.6. The predicted octanol–water partition coefficient (Wildman–Crippen LogP) is 2.89. The molecule has 0 rings (SSSR count). The van der Waals surface area contributed by atoms with E-state index in [2.05, 4.69) is 0 Å². The summed E-state index contributed by atoms with van der Waals surface area (Å²) in [6.45, 7) is 4.03. The van der Waals surface area contributed by atoms with E-state index in [1.54, 1.807) is 0 Å². The zero-order valence-electron chi connectivity index (χ0n) is 6.48. The van der Waals surface area contributed by atoms with Gasteiger partial charge in [-0.3, -0.25) is 4.79 Å². The summed E-state index contributed by atoms with van der Waals surface area (Å²) in [6, 6.07) is 0. The molecule has 0 amide bonds. The number of allylic oxidation sites excluding steroid dienone is 2. The van der Waals surface area contributed by atoms with Gasteiger partial charge in [-0.1, -0.05) is 26.3 Å². The molecule has 0 atom stereocenters. The van der Waals surface area contributed by atoms with Gasteiger partial charge >= 0.3 is 0 Å². The van der Waals surface area contributed by atoms with E-state index in [1.165, 1.54) is 0 Å². The van der Waals surface area contributed by atoms with Gasteiger partial charge in [0.1, 0.15) is 0 Å². The lowest BCUT2D eigenvalue weighted by Crippen LogP contribution is -1.92. The van der Waals surface area contributed by atoms with Crippen molar-refractivity contribution >= 4 is 16.8 Å². The van der Waals surface area contributed by atoms with E-state index < -0.39 is 0 Å². The Kier molecular flexibility index (Phi) is 5.32. The molecule has 10 heavy (non-hydrogen) atoms. The molecule has 0 aliphatic carbocycles. The van der Waals surface area contributed by atoms with Crippen LogP contribution in [0, 0.1) is 0 Å².